The zero-order chi connectivity index (χ0) is 15.4. The number of anilines is 1. The second-order valence-corrected chi connectivity index (χ2v) is 5.12. The van der Waals surface area contributed by atoms with Gasteiger partial charge in [-0.25, -0.2) is 0 Å². The minimum Gasteiger partial charge on any atom is -0.395 e. The number of rotatable bonds is 4. The van der Waals surface area contributed by atoms with Crippen LogP contribution in [-0.4, -0.2) is 53.8 Å². The molecule has 1 heterocycles. The predicted octanol–water partition coefficient (Wildman–Crippen LogP) is 0.969. The molecule has 1 aromatic carbocycles. The Balaban J connectivity index is 2.18. The molecule has 21 heavy (non-hydrogen) atoms. The lowest BCUT2D eigenvalue weighted by Crippen LogP contribution is -2.50. The molecule has 0 aliphatic carbocycles. The SMILES string of the molecule is CC(CO)N1CCN(c2cc([N+](=O)[O-])ccc2C#N)CC1. The molecule has 0 amide bonds. The van der Waals surface area contributed by atoms with Crippen molar-refractivity contribution in [3.8, 4) is 6.07 Å². The number of hydrogen-bond acceptors (Lipinski definition) is 6. The molecule has 1 unspecified atom stereocenters. The molecule has 1 saturated heterocycles. The van der Waals surface area contributed by atoms with Gasteiger partial charge in [-0.05, 0) is 13.0 Å². The van der Waals surface area contributed by atoms with Gasteiger partial charge in [0, 0.05) is 44.4 Å². The summed E-state index contributed by atoms with van der Waals surface area (Å²) in [6.45, 7) is 4.95. The van der Waals surface area contributed by atoms with Gasteiger partial charge >= 0.3 is 0 Å². The number of nitrogens with zero attached hydrogens (tertiary/aromatic N) is 4. The average molecular weight is 290 g/mol. The van der Waals surface area contributed by atoms with Crippen LogP contribution in [0.4, 0.5) is 11.4 Å². The fraction of sp³-hybridized carbons (Fsp3) is 0.500. The molecule has 0 bridgehead atoms. The molecule has 0 radical (unpaired) electrons. The van der Waals surface area contributed by atoms with Crippen LogP contribution in [0.25, 0.3) is 0 Å². The second-order valence-electron chi connectivity index (χ2n) is 5.12. The first-order valence-electron chi connectivity index (χ1n) is 6.85. The van der Waals surface area contributed by atoms with Gasteiger partial charge in [-0.15, -0.1) is 0 Å². The molecular weight excluding hydrogens is 272 g/mol. The molecular formula is C14H18N4O3. The van der Waals surface area contributed by atoms with Gasteiger partial charge in [0.05, 0.1) is 22.8 Å². The number of nitriles is 1. The first-order valence-corrected chi connectivity index (χ1v) is 6.85. The molecule has 0 spiro atoms. The summed E-state index contributed by atoms with van der Waals surface area (Å²) in [6, 6.07) is 6.50. The van der Waals surface area contributed by atoms with Crippen LogP contribution in [0.2, 0.25) is 0 Å². The summed E-state index contributed by atoms with van der Waals surface area (Å²) in [5.41, 5.74) is 1.06. The number of benzene rings is 1. The van der Waals surface area contributed by atoms with Gasteiger partial charge in [-0.2, -0.15) is 5.26 Å². The Kier molecular flexibility index (Phi) is 4.73. The minimum absolute atomic E-state index is 0.00449. The maximum atomic E-state index is 10.9. The molecule has 1 N–H and O–H groups in total. The van der Waals surface area contributed by atoms with Gasteiger partial charge < -0.3 is 10.0 Å². The fourth-order valence-electron chi connectivity index (χ4n) is 2.51. The van der Waals surface area contributed by atoms with Gasteiger partial charge in [0.15, 0.2) is 0 Å². The van der Waals surface area contributed by atoms with Crippen LogP contribution >= 0.6 is 0 Å². The van der Waals surface area contributed by atoms with E-state index in [0.29, 0.717) is 24.3 Å². The number of non-ortho nitro benzene ring substituents is 1. The standard InChI is InChI=1S/C14H18N4O3/c1-11(10-19)16-4-6-17(7-5-16)14-8-13(18(20)21)3-2-12(14)9-15/h2-3,8,11,19H,4-7,10H2,1H3. The molecule has 1 atom stereocenters. The summed E-state index contributed by atoms with van der Waals surface area (Å²) in [5, 5.41) is 29.2. The molecule has 1 aromatic rings. The van der Waals surface area contributed by atoms with E-state index < -0.39 is 4.92 Å². The summed E-state index contributed by atoms with van der Waals surface area (Å²) in [7, 11) is 0. The number of piperazine rings is 1. The Bertz CT molecular complexity index is 562. The van der Waals surface area contributed by atoms with Crippen LogP contribution in [0.3, 0.4) is 0 Å². The molecule has 1 fully saturated rings. The van der Waals surface area contributed by atoms with Crippen LogP contribution in [-0.2, 0) is 0 Å². The summed E-state index contributed by atoms with van der Waals surface area (Å²) in [5.74, 6) is 0. The van der Waals surface area contributed by atoms with Gasteiger partial charge in [-0.3, -0.25) is 15.0 Å². The van der Waals surface area contributed by atoms with E-state index in [0.717, 1.165) is 13.1 Å². The van der Waals surface area contributed by atoms with Crippen molar-refractivity contribution in [1.82, 2.24) is 4.90 Å². The first kappa shape index (κ1) is 15.2. The number of nitro benzene ring substituents is 1. The van der Waals surface area contributed by atoms with Gasteiger partial charge in [0.1, 0.15) is 6.07 Å². The second kappa shape index (κ2) is 6.52. The van der Waals surface area contributed by atoms with Crippen LogP contribution < -0.4 is 4.90 Å². The average Bonchev–Trinajstić information content (AvgIpc) is 2.53. The molecule has 1 aliphatic heterocycles. The molecule has 7 heteroatoms. The maximum absolute atomic E-state index is 10.9. The lowest BCUT2D eigenvalue weighted by Gasteiger charge is -2.38. The molecule has 1 aliphatic rings. The third kappa shape index (κ3) is 3.29. The van der Waals surface area contributed by atoms with Crippen molar-refractivity contribution in [2.75, 3.05) is 37.7 Å². The Morgan fingerprint density at radius 3 is 2.62 bits per heavy atom. The molecule has 0 aromatic heterocycles. The van der Waals surface area contributed by atoms with Crippen LogP contribution in [0.15, 0.2) is 18.2 Å². The Hall–Kier alpha value is -2.17. The van der Waals surface area contributed by atoms with E-state index in [1.54, 1.807) is 0 Å². The van der Waals surface area contributed by atoms with E-state index >= 15 is 0 Å². The highest BCUT2D eigenvalue weighted by molar-refractivity contribution is 5.63. The number of aliphatic hydroxyl groups is 1. The van der Waals surface area contributed by atoms with Crippen molar-refractivity contribution >= 4 is 11.4 Å². The maximum Gasteiger partial charge on any atom is 0.271 e. The summed E-state index contributed by atoms with van der Waals surface area (Å²) >= 11 is 0. The smallest absolute Gasteiger partial charge is 0.271 e. The fourth-order valence-corrected chi connectivity index (χ4v) is 2.51. The Morgan fingerprint density at radius 2 is 2.10 bits per heavy atom. The van der Waals surface area contributed by atoms with Gasteiger partial charge in [-0.1, -0.05) is 0 Å². The zero-order valence-corrected chi connectivity index (χ0v) is 11.9. The quantitative estimate of drug-likeness (QED) is 0.656. The van der Waals surface area contributed by atoms with Crippen molar-refractivity contribution in [3.05, 3.63) is 33.9 Å². The largest absolute Gasteiger partial charge is 0.395 e. The van der Waals surface area contributed by atoms with Crippen molar-refractivity contribution < 1.29 is 10.0 Å². The summed E-state index contributed by atoms with van der Waals surface area (Å²) in [4.78, 5) is 14.6. The van der Waals surface area contributed by atoms with Crippen LogP contribution in [0.5, 0.6) is 0 Å². The van der Waals surface area contributed by atoms with E-state index in [-0.39, 0.29) is 18.3 Å². The van der Waals surface area contributed by atoms with Gasteiger partial charge in [0.25, 0.3) is 5.69 Å². The highest BCUT2D eigenvalue weighted by atomic mass is 16.6. The number of aliphatic hydroxyl groups excluding tert-OH is 1. The molecule has 0 saturated carbocycles. The van der Waals surface area contributed by atoms with Gasteiger partial charge in [0.2, 0.25) is 0 Å². The van der Waals surface area contributed by atoms with Crippen molar-refractivity contribution in [3.63, 3.8) is 0 Å². The number of hydrogen-bond donors (Lipinski definition) is 1. The lowest BCUT2D eigenvalue weighted by molar-refractivity contribution is -0.384. The number of nitro groups is 1. The predicted molar refractivity (Wildman–Crippen MR) is 78.1 cm³/mol. The molecule has 112 valence electrons. The third-order valence-electron chi connectivity index (χ3n) is 3.86. The lowest BCUT2D eigenvalue weighted by atomic mass is 10.1. The van der Waals surface area contributed by atoms with Crippen molar-refractivity contribution in [2.24, 2.45) is 0 Å². The van der Waals surface area contributed by atoms with E-state index in [9.17, 15) is 15.2 Å². The normalized spacial score (nSPS) is 17.3. The third-order valence-corrected chi connectivity index (χ3v) is 3.86. The van der Waals surface area contributed by atoms with E-state index in [1.807, 2.05) is 11.8 Å². The zero-order valence-electron chi connectivity index (χ0n) is 11.9. The van der Waals surface area contributed by atoms with Crippen molar-refractivity contribution in [2.45, 2.75) is 13.0 Å². The highest BCUT2D eigenvalue weighted by Crippen LogP contribution is 2.26. The Labute approximate surface area is 123 Å². The van der Waals surface area contributed by atoms with E-state index in [2.05, 4.69) is 11.0 Å². The summed E-state index contributed by atoms with van der Waals surface area (Å²) < 4.78 is 0. The monoisotopic (exact) mass is 290 g/mol. The molecule has 7 nitrogen and oxygen atoms in total. The van der Waals surface area contributed by atoms with E-state index in [1.165, 1.54) is 18.2 Å². The molecule has 2 rings (SSSR count). The van der Waals surface area contributed by atoms with E-state index in [4.69, 9.17) is 5.26 Å². The topological polar surface area (TPSA) is 93.6 Å². The minimum atomic E-state index is -0.450. The van der Waals surface area contributed by atoms with Crippen molar-refractivity contribution in [1.29, 1.82) is 5.26 Å². The van der Waals surface area contributed by atoms with Crippen LogP contribution in [0.1, 0.15) is 12.5 Å². The highest BCUT2D eigenvalue weighted by Gasteiger charge is 2.23. The summed E-state index contributed by atoms with van der Waals surface area (Å²) in [6.07, 6.45) is 0. The van der Waals surface area contributed by atoms with Crippen LogP contribution in [0, 0.1) is 21.4 Å². The first-order chi connectivity index (χ1) is 10.1. The Morgan fingerprint density at radius 1 is 1.43 bits per heavy atom.